The second kappa shape index (κ2) is 2.88. The Balaban J connectivity index is 2.09. The van der Waals surface area contributed by atoms with Crippen LogP contribution in [0.1, 0.15) is 0 Å². The second-order valence-corrected chi connectivity index (χ2v) is 3.44. The summed E-state index contributed by atoms with van der Waals surface area (Å²) >= 11 is 0. The maximum absolute atomic E-state index is 11.0. The van der Waals surface area contributed by atoms with Crippen molar-refractivity contribution in [3.05, 3.63) is 30.3 Å². The van der Waals surface area contributed by atoms with Gasteiger partial charge in [-0.15, -0.1) is 0 Å². The van der Waals surface area contributed by atoms with Crippen LogP contribution in [0.2, 0.25) is 0 Å². The summed E-state index contributed by atoms with van der Waals surface area (Å²) < 4.78 is 24.1. The van der Waals surface area contributed by atoms with Gasteiger partial charge in [-0.25, -0.2) is 4.57 Å². The third-order valence-electron chi connectivity index (χ3n) is 1.20. The van der Waals surface area contributed by atoms with Gasteiger partial charge in [-0.2, -0.15) is 0 Å². The standard InChI is InChI=1S/C6H5O5P/c7-12(10-9-11-12)8-6-4-2-1-3-5-6/h1-5H. The normalized spacial score (nSPS) is 19.7. The molecule has 1 aliphatic rings. The molecule has 1 saturated heterocycles. The Bertz CT molecular complexity index is 303. The Hall–Kier alpha value is -0.870. The van der Waals surface area contributed by atoms with Crippen LogP contribution in [0.15, 0.2) is 30.3 Å². The van der Waals surface area contributed by atoms with E-state index in [-0.39, 0.29) is 0 Å². The first-order valence-electron chi connectivity index (χ1n) is 3.18. The van der Waals surface area contributed by atoms with E-state index in [0.29, 0.717) is 5.75 Å². The maximum atomic E-state index is 11.0. The molecule has 64 valence electrons. The topological polar surface area (TPSA) is 54.0 Å². The first kappa shape index (κ1) is 7.76. The molecule has 0 radical (unpaired) electrons. The van der Waals surface area contributed by atoms with Crippen molar-refractivity contribution in [2.24, 2.45) is 0 Å². The molecule has 1 aliphatic heterocycles. The van der Waals surface area contributed by atoms with E-state index in [1.807, 2.05) is 6.07 Å². The van der Waals surface area contributed by atoms with E-state index in [9.17, 15) is 4.57 Å². The van der Waals surface area contributed by atoms with Gasteiger partial charge in [0.15, 0.2) is 0 Å². The molecule has 0 aliphatic carbocycles. The van der Waals surface area contributed by atoms with Crippen LogP contribution in [0.3, 0.4) is 0 Å². The van der Waals surface area contributed by atoms with E-state index in [1.54, 1.807) is 24.3 Å². The average molecular weight is 188 g/mol. The second-order valence-electron chi connectivity index (χ2n) is 2.07. The molecular formula is C6H5O5P. The fourth-order valence-corrected chi connectivity index (χ4v) is 1.32. The van der Waals surface area contributed by atoms with Gasteiger partial charge in [-0.05, 0) is 17.2 Å². The average Bonchev–Trinajstić information content (AvgIpc) is 2.04. The van der Waals surface area contributed by atoms with Crippen molar-refractivity contribution in [1.82, 2.24) is 0 Å². The molecule has 1 aromatic carbocycles. The summed E-state index contributed by atoms with van der Waals surface area (Å²) in [4.78, 5) is 0. The summed E-state index contributed by atoms with van der Waals surface area (Å²) in [6.07, 6.45) is 0. The van der Waals surface area contributed by atoms with Crippen LogP contribution in [0.4, 0.5) is 0 Å². The lowest BCUT2D eigenvalue weighted by molar-refractivity contribution is -0.496. The molecule has 0 saturated carbocycles. The molecule has 0 N–H and O–H groups in total. The Labute approximate surface area is 68.3 Å². The van der Waals surface area contributed by atoms with E-state index in [0.717, 1.165) is 0 Å². The zero-order chi connectivity index (χ0) is 8.44. The van der Waals surface area contributed by atoms with Gasteiger partial charge in [0, 0.05) is 0 Å². The van der Waals surface area contributed by atoms with Gasteiger partial charge in [0.1, 0.15) is 5.75 Å². The molecule has 0 aromatic heterocycles. The molecular weight excluding hydrogens is 183 g/mol. The minimum atomic E-state index is -3.44. The predicted molar refractivity (Wildman–Crippen MR) is 37.9 cm³/mol. The van der Waals surface area contributed by atoms with Crippen molar-refractivity contribution in [3.8, 4) is 5.75 Å². The SMILES string of the molecule is O=P1(Oc2ccccc2)OOO1. The largest absolute Gasteiger partial charge is 0.590 e. The molecule has 0 unspecified atom stereocenters. The molecule has 1 aromatic rings. The molecule has 0 atom stereocenters. The summed E-state index contributed by atoms with van der Waals surface area (Å²) in [5.41, 5.74) is 0. The van der Waals surface area contributed by atoms with Crippen molar-refractivity contribution < 1.29 is 23.5 Å². The predicted octanol–water partition coefficient (Wildman–Crippen LogP) is 2.07. The number of hydrogen-bond acceptors (Lipinski definition) is 5. The zero-order valence-electron chi connectivity index (χ0n) is 5.88. The fraction of sp³-hybridized carbons (Fsp3) is 0. The van der Waals surface area contributed by atoms with Crippen LogP contribution >= 0.6 is 7.82 Å². The Morgan fingerprint density at radius 2 is 1.83 bits per heavy atom. The lowest BCUT2D eigenvalue weighted by atomic mass is 10.3. The summed E-state index contributed by atoms with van der Waals surface area (Å²) in [6.45, 7) is 0. The van der Waals surface area contributed by atoms with Crippen molar-refractivity contribution >= 4 is 7.82 Å². The fourth-order valence-electron chi connectivity index (χ4n) is 0.721. The number of rotatable bonds is 2. The molecule has 2 rings (SSSR count). The molecule has 1 heterocycles. The first-order valence-corrected chi connectivity index (χ1v) is 4.64. The van der Waals surface area contributed by atoms with Gasteiger partial charge < -0.3 is 4.52 Å². The van der Waals surface area contributed by atoms with Gasteiger partial charge in [0.25, 0.3) is 0 Å². The Morgan fingerprint density at radius 3 is 2.33 bits per heavy atom. The van der Waals surface area contributed by atoms with Crippen LogP contribution in [0.5, 0.6) is 5.75 Å². The Kier molecular flexibility index (Phi) is 1.86. The molecule has 6 heteroatoms. The molecule has 0 spiro atoms. The van der Waals surface area contributed by atoms with Gasteiger partial charge in [-0.1, -0.05) is 27.5 Å². The Morgan fingerprint density at radius 1 is 1.17 bits per heavy atom. The highest BCUT2D eigenvalue weighted by Crippen LogP contribution is 2.57. The van der Waals surface area contributed by atoms with E-state index in [2.05, 4.69) is 14.4 Å². The summed E-state index contributed by atoms with van der Waals surface area (Å²) in [5, 5.41) is 3.82. The molecule has 0 amide bonds. The van der Waals surface area contributed by atoms with Crippen molar-refractivity contribution in [2.75, 3.05) is 0 Å². The lowest BCUT2D eigenvalue weighted by Crippen LogP contribution is -2.11. The van der Waals surface area contributed by atoms with E-state index >= 15 is 0 Å². The van der Waals surface area contributed by atoms with Gasteiger partial charge in [0.05, 0.1) is 0 Å². The third kappa shape index (κ3) is 1.49. The number of hydrogen-bond donors (Lipinski definition) is 0. The van der Waals surface area contributed by atoms with Crippen LogP contribution < -0.4 is 4.52 Å². The molecule has 1 fully saturated rings. The van der Waals surface area contributed by atoms with Crippen LogP contribution in [0, 0.1) is 0 Å². The van der Waals surface area contributed by atoms with Crippen molar-refractivity contribution in [1.29, 1.82) is 0 Å². The minimum Gasteiger partial charge on any atom is -0.401 e. The highest BCUT2D eigenvalue weighted by atomic mass is 31.2. The number of benzene rings is 1. The van der Waals surface area contributed by atoms with Gasteiger partial charge in [-0.3, -0.25) is 0 Å². The lowest BCUT2D eigenvalue weighted by Gasteiger charge is -2.20. The monoisotopic (exact) mass is 188 g/mol. The van der Waals surface area contributed by atoms with E-state index in [4.69, 9.17) is 4.52 Å². The molecule has 12 heavy (non-hydrogen) atoms. The van der Waals surface area contributed by atoms with Crippen molar-refractivity contribution in [2.45, 2.75) is 0 Å². The van der Waals surface area contributed by atoms with Gasteiger partial charge >= 0.3 is 7.82 Å². The zero-order valence-corrected chi connectivity index (χ0v) is 6.77. The first-order chi connectivity index (χ1) is 5.79. The smallest absolute Gasteiger partial charge is 0.401 e. The van der Waals surface area contributed by atoms with Crippen LogP contribution in [-0.4, -0.2) is 0 Å². The quantitative estimate of drug-likeness (QED) is 0.525. The number of phosphoric acid groups is 1. The van der Waals surface area contributed by atoms with Gasteiger partial charge in [0.2, 0.25) is 0 Å². The maximum Gasteiger partial charge on any atom is 0.590 e. The highest BCUT2D eigenvalue weighted by molar-refractivity contribution is 7.49. The molecule has 5 nitrogen and oxygen atoms in total. The third-order valence-corrected chi connectivity index (χ3v) is 2.13. The highest BCUT2D eigenvalue weighted by Gasteiger charge is 2.42. The minimum absolute atomic E-state index is 0.407. The summed E-state index contributed by atoms with van der Waals surface area (Å²) in [5.74, 6) is 0.407. The summed E-state index contributed by atoms with van der Waals surface area (Å²) in [6, 6.07) is 8.54. The van der Waals surface area contributed by atoms with E-state index < -0.39 is 7.82 Å². The van der Waals surface area contributed by atoms with E-state index in [1.165, 1.54) is 0 Å². The number of para-hydroxylation sites is 1. The van der Waals surface area contributed by atoms with Crippen molar-refractivity contribution in [3.63, 3.8) is 0 Å². The molecule has 0 bridgehead atoms. The van der Waals surface area contributed by atoms with Crippen LogP contribution in [0.25, 0.3) is 0 Å². The summed E-state index contributed by atoms with van der Waals surface area (Å²) in [7, 11) is -3.44. The van der Waals surface area contributed by atoms with Crippen LogP contribution in [-0.2, 0) is 19.0 Å².